The minimum absolute atomic E-state index is 0.0985. The zero-order valence-corrected chi connectivity index (χ0v) is 10.9. The fourth-order valence-corrected chi connectivity index (χ4v) is 1.91. The average Bonchev–Trinajstić information content (AvgIpc) is 2.57. The first-order valence-electron chi connectivity index (χ1n) is 5.50. The minimum atomic E-state index is -0.470. The van der Waals surface area contributed by atoms with Gasteiger partial charge in [0.15, 0.2) is 5.82 Å². The third-order valence-electron chi connectivity index (χ3n) is 2.68. The van der Waals surface area contributed by atoms with Crippen LogP contribution in [0.1, 0.15) is 25.6 Å². The maximum atomic E-state index is 13.8. The van der Waals surface area contributed by atoms with Crippen molar-refractivity contribution in [1.29, 1.82) is 0 Å². The Kier molecular flexibility index (Phi) is 3.17. The van der Waals surface area contributed by atoms with Crippen molar-refractivity contribution in [3.8, 4) is 11.3 Å². The number of hydrogen-bond donors (Lipinski definition) is 2. The van der Waals surface area contributed by atoms with Gasteiger partial charge in [-0.2, -0.15) is 0 Å². The van der Waals surface area contributed by atoms with Gasteiger partial charge in [0.2, 0.25) is 0 Å². The summed E-state index contributed by atoms with van der Waals surface area (Å²) in [5.41, 5.74) is 6.49. The van der Waals surface area contributed by atoms with Gasteiger partial charge in [0.1, 0.15) is 17.3 Å². The molecule has 1 heterocycles. The molecule has 0 unspecified atom stereocenters. The minimum Gasteiger partial charge on any atom is -0.382 e. The molecule has 0 spiro atoms. The molecule has 96 valence electrons. The second-order valence-corrected chi connectivity index (χ2v) is 4.79. The van der Waals surface area contributed by atoms with Gasteiger partial charge in [0.05, 0.1) is 0 Å². The van der Waals surface area contributed by atoms with Gasteiger partial charge in [0, 0.05) is 16.5 Å². The number of nitrogens with two attached hydrogens (primary N) is 2. The molecule has 0 atom stereocenters. The summed E-state index contributed by atoms with van der Waals surface area (Å²) in [5.74, 6) is 6.28. The summed E-state index contributed by atoms with van der Waals surface area (Å²) < 4.78 is 15.1. The van der Waals surface area contributed by atoms with Gasteiger partial charge in [-0.3, -0.25) is 0 Å². The third-order valence-corrected chi connectivity index (χ3v) is 2.91. The molecule has 0 saturated carbocycles. The smallest absolute Gasteiger partial charge is 0.150 e. The van der Waals surface area contributed by atoms with Crippen LogP contribution >= 0.6 is 11.6 Å². The number of benzene rings is 1. The summed E-state index contributed by atoms with van der Waals surface area (Å²) >= 11 is 5.71. The van der Waals surface area contributed by atoms with Crippen LogP contribution in [0.5, 0.6) is 0 Å². The first-order chi connectivity index (χ1) is 8.41. The molecular weight excluding hydrogens is 255 g/mol. The Labute approximate surface area is 109 Å². The van der Waals surface area contributed by atoms with Gasteiger partial charge in [-0.1, -0.05) is 25.4 Å². The lowest BCUT2D eigenvalue weighted by molar-refractivity contribution is 0.631. The second kappa shape index (κ2) is 4.49. The molecule has 1 aromatic carbocycles. The number of anilines is 1. The summed E-state index contributed by atoms with van der Waals surface area (Å²) in [4.78, 5) is 4.30. The lowest BCUT2D eigenvalue weighted by Gasteiger charge is -2.04. The number of halogens is 2. The Balaban J connectivity index is 2.61. The van der Waals surface area contributed by atoms with E-state index in [1.807, 2.05) is 13.8 Å². The standard InChI is InChI=1S/C12H14ClFN4/c1-6(2)12-17-10(11(15)18(12)16)8-4-3-7(13)5-9(8)14/h3-6H,15-16H2,1-2H3. The SMILES string of the molecule is CC(C)c1nc(-c2ccc(Cl)cc2F)c(N)n1N. The predicted octanol–water partition coefficient (Wildman–Crippen LogP) is 2.76. The lowest BCUT2D eigenvalue weighted by Crippen LogP contribution is -2.16. The molecule has 0 amide bonds. The van der Waals surface area contributed by atoms with Crippen molar-refractivity contribution in [3.63, 3.8) is 0 Å². The van der Waals surface area contributed by atoms with Crippen molar-refractivity contribution >= 4 is 17.4 Å². The molecule has 0 aliphatic heterocycles. The highest BCUT2D eigenvalue weighted by atomic mass is 35.5. The van der Waals surface area contributed by atoms with E-state index in [-0.39, 0.29) is 11.7 Å². The lowest BCUT2D eigenvalue weighted by atomic mass is 10.1. The number of hydrogen-bond acceptors (Lipinski definition) is 3. The highest BCUT2D eigenvalue weighted by Crippen LogP contribution is 2.30. The Morgan fingerprint density at radius 3 is 2.56 bits per heavy atom. The van der Waals surface area contributed by atoms with E-state index in [9.17, 15) is 4.39 Å². The first kappa shape index (κ1) is 12.7. The van der Waals surface area contributed by atoms with Crippen LogP contribution in [0.3, 0.4) is 0 Å². The zero-order valence-electron chi connectivity index (χ0n) is 10.1. The number of nitrogen functional groups attached to an aromatic ring is 2. The quantitative estimate of drug-likeness (QED) is 0.823. The van der Waals surface area contributed by atoms with E-state index in [1.165, 1.54) is 10.7 Å². The summed E-state index contributed by atoms with van der Waals surface area (Å²) in [6.45, 7) is 3.88. The van der Waals surface area contributed by atoms with Gasteiger partial charge in [-0.05, 0) is 18.2 Å². The number of aromatic nitrogens is 2. The summed E-state index contributed by atoms with van der Waals surface area (Å²) in [7, 11) is 0. The van der Waals surface area contributed by atoms with Gasteiger partial charge in [-0.15, -0.1) is 0 Å². The fraction of sp³-hybridized carbons (Fsp3) is 0.250. The van der Waals surface area contributed by atoms with Crippen LogP contribution in [0.2, 0.25) is 5.02 Å². The first-order valence-corrected chi connectivity index (χ1v) is 5.88. The molecule has 0 fully saturated rings. The summed E-state index contributed by atoms with van der Waals surface area (Å²) in [5, 5.41) is 0.325. The predicted molar refractivity (Wildman–Crippen MR) is 71.3 cm³/mol. The molecular formula is C12H14ClFN4. The largest absolute Gasteiger partial charge is 0.382 e. The van der Waals surface area contributed by atoms with Gasteiger partial charge >= 0.3 is 0 Å². The Bertz CT molecular complexity index is 592. The van der Waals surface area contributed by atoms with E-state index in [2.05, 4.69) is 4.98 Å². The van der Waals surface area contributed by atoms with Crippen LogP contribution in [-0.2, 0) is 0 Å². The number of imidazole rings is 1. The van der Waals surface area contributed by atoms with E-state index < -0.39 is 5.82 Å². The molecule has 4 N–H and O–H groups in total. The number of nitrogens with zero attached hydrogens (tertiary/aromatic N) is 2. The summed E-state index contributed by atoms with van der Waals surface area (Å²) in [6.07, 6.45) is 0. The van der Waals surface area contributed by atoms with Crippen LogP contribution in [-0.4, -0.2) is 9.66 Å². The maximum absolute atomic E-state index is 13.8. The van der Waals surface area contributed by atoms with Gasteiger partial charge < -0.3 is 11.6 Å². The van der Waals surface area contributed by atoms with Crippen molar-refractivity contribution in [2.45, 2.75) is 19.8 Å². The molecule has 0 saturated heterocycles. The van der Waals surface area contributed by atoms with Crippen molar-refractivity contribution in [1.82, 2.24) is 9.66 Å². The third kappa shape index (κ3) is 2.01. The molecule has 4 nitrogen and oxygen atoms in total. The molecule has 0 aliphatic carbocycles. The topological polar surface area (TPSA) is 69.9 Å². The van der Waals surface area contributed by atoms with E-state index in [0.717, 1.165) is 0 Å². The van der Waals surface area contributed by atoms with Crippen molar-refractivity contribution < 1.29 is 4.39 Å². The molecule has 0 aliphatic rings. The molecule has 1 aromatic heterocycles. The molecule has 0 radical (unpaired) electrons. The average molecular weight is 269 g/mol. The Morgan fingerprint density at radius 2 is 2.06 bits per heavy atom. The molecule has 6 heteroatoms. The van der Waals surface area contributed by atoms with E-state index >= 15 is 0 Å². The molecule has 0 bridgehead atoms. The van der Waals surface area contributed by atoms with E-state index in [4.69, 9.17) is 23.2 Å². The highest BCUT2D eigenvalue weighted by Gasteiger charge is 2.19. The highest BCUT2D eigenvalue weighted by molar-refractivity contribution is 6.30. The van der Waals surface area contributed by atoms with Crippen molar-refractivity contribution in [2.75, 3.05) is 11.6 Å². The van der Waals surface area contributed by atoms with Crippen LogP contribution in [0, 0.1) is 5.82 Å². The molecule has 2 rings (SSSR count). The van der Waals surface area contributed by atoms with Crippen LogP contribution in [0.4, 0.5) is 10.2 Å². The maximum Gasteiger partial charge on any atom is 0.150 e. The fourth-order valence-electron chi connectivity index (χ4n) is 1.75. The summed E-state index contributed by atoms with van der Waals surface area (Å²) in [6, 6.07) is 4.35. The molecule has 2 aromatic rings. The van der Waals surface area contributed by atoms with Crippen molar-refractivity contribution in [3.05, 3.63) is 34.9 Å². The normalized spacial score (nSPS) is 11.2. The Hall–Kier alpha value is -1.75. The van der Waals surface area contributed by atoms with Gasteiger partial charge in [-0.25, -0.2) is 14.1 Å². The Morgan fingerprint density at radius 1 is 1.39 bits per heavy atom. The van der Waals surface area contributed by atoms with Crippen LogP contribution in [0.15, 0.2) is 18.2 Å². The van der Waals surface area contributed by atoms with Crippen LogP contribution < -0.4 is 11.6 Å². The molecule has 18 heavy (non-hydrogen) atoms. The van der Waals surface area contributed by atoms with E-state index in [0.29, 0.717) is 22.1 Å². The van der Waals surface area contributed by atoms with Crippen LogP contribution in [0.25, 0.3) is 11.3 Å². The zero-order chi connectivity index (χ0) is 13.4. The monoisotopic (exact) mass is 268 g/mol. The van der Waals surface area contributed by atoms with E-state index in [1.54, 1.807) is 12.1 Å². The number of rotatable bonds is 2. The second-order valence-electron chi connectivity index (χ2n) is 4.35. The van der Waals surface area contributed by atoms with Gasteiger partial charge in [0.25, 0.3) is 0 Å². The van der Waals surface area contributed by atoms with Crippen molar-refractivity contribution in [2.24, 2.45) is 0 Å².